The topological polar surface area (TPSA) is 49.9 Å². The second-order valence-corrected chi connectivity index (χ2v) is 4.20. The average molecular weight is 268 g/mol. The van der Waals surface area contributed by atoms with Crippen LogP contribution in [0.15, 0.2) is 35.3 Å². The highest BCUT2D eigenvalue weighted by atomic mass is 35.5. The Hall–Kier alpha value is -1.58. The lowest BCUT2D eigenvalue weighted by molar-refractivity contribution is 0.112. The van der Waals surface area contributed by atoms with Crippen LogP contribution in [0.25, 0.3) is 11.1 Å². The third-order valence-electron chi connectivity index (χ3n) is 2.31. The summed E-state index contributed by atoms with van der Waals surface area (Å²) in [6.45, 7) is 0. The lowest BCUT2D eigenvalue weighted by Crippen LogP contribution is -2.10. The first-order chi connectivity index (χ1) is 8.13. The number of benzene rings is 1. The Balaban J connectivity index is 2.69. The fourth-order valence-corrected chi connectivity index (χ4v) is 2.12. The number of pyridine rings is 1. The fraction of sp³-hybridized carbons (Fsp3) is 0. The van der Waals surface area contributed by atoms with Gasteiger partial charge in [0.15, 0.2) is 6.29 Å². The van der Waals surface area contributed by atoms with Gasteiger partial charge < -0.3 is 4.98 Å². The number of hydrogen-bond acceptors (Lipinski definition) is 2. The zero-order valence-corrected chi connectivity index (χ0v) is 10.0. The van der Waals surface area contributed by atoms with Crippen molar-refractivity contribution in [1.29, 1.82) is 0 Å². The number of aldehydes is 1. The van der Waals surface area contributed by atoms with Crippen molar-refractivity contribution in [3.05, 3.63) is 56.4 Å². The van der Waals surface area contributed by atoms with Gasteiger partial charge >= 0.3 is 0 Å². The van der Waals surface area contributed by atoms with Crippen LogP contribution in [-0.4, -0.2) is 11.3 Å². The molecule has 0 radical (unpaired) electrons. The molecule has 86 valence electrons. The first-order valence-corrected chi connectivity index (χ1v) is 5.51. The monoisotopic (exact) mass is 267 g/mol. The molecule has 3 nitrogen and oxygen atoms in total. The van der Waals surface area contributed by atoms with E-state index in [1.165, 1.54) is 12.3 Å². The van der Waals surface area contributed by atoms with E-state index in [4.69, 9.17) is 23.2 Å². The van der Waals surface area contributed by atoms with Gasteiger partial charge in [-0.05, 0) is 18.2 Å². The third kappa shape index (κ3) is 2.25. The minimum absolute atomic E-state index is 0.0403. The molecule has 0 amide bonds. The van der Waals surface area contributed by atoms with E-state index in [0.29, 0.717) is 27.5 Å². The van der Waals surface area contributed by atoms with Gasteiger partial charge in [0.2, 0.25) is 0 Å². The standard InChI is InChI=1S/C12H7Cl2NO2/c13-9-2-1-3-10(14)11(9)7-4-8(6-16)12(17)15-5-7/h1-6H,(H,15,17). The molecule has 0 aliphatic carbocycles. The van der Waals surface area contributed by atoms with Gasteiger partial charge in [-0.3, -0.25) is 9.59 Å². The summed E-state index contributed by atoms with van der Waals surface area (Å²) in [4.78, 5) is 24.4. The summed E-state index contributed by atoms with van der Waals surface area (Å²) in [5.74, 6) is 0. The van der Waals surface area contributed by atoms with Crippen molar-refractivity contribution < 1.29 is 4.79 Å². The van der Waals surface area contributed by atoms with Gasteiger partial charge in [-0.15, -0.1) is 0 Å². The smallest absolute Gasteiger partial charge is 0.258 e. The van der Waals surface area contributed by atoms with Crippen molar-refractivity contribution in [3.63, 3.8) is 0 Å². The maximum Gasteiger partial charge on any atom is 0.258 e. The molecule has 1 heterocycles. The zero-order chi connectivity index (χ0) is 12.4. The second kappa shape index (κ2) is 4.73. The summed E-state index contributed by atoms with van der Waals surface area (Å²) in [7, 11) is 0. The van der Waals surface area contributed by atoms with Crippen molar-refractivity contribution in [2.45, 2.75) is 0 Å². The molecule has 0 atom stereocenters. The van der Waals surface area contributed by atoms with Crippen LogP contribution in [-0.2, 0) is 0 Å². The number of carbonyl (C=O) groups is 1. The molecule has 0 fully saturated rings. The molecule has 2 aromatic rings. The maximum atomic E-state index is 11.3. The molecule has 1 aromatic heterocycles. The molecule has 0 aliphatic heterocycles. The minimum atomic E-state index is -0.438. The minimum Gasteiger partial charge on any atom is -0.328 e. The SMILES string of the molecule is O=Cc1cc(-c2c(Cl)cccc2Cl)c[nH]c1=O. The van der Waals surface area contributed by atoms with Crippen LogP contribution in [0, 0.1) is 0 Å². The number of halogens is 2. The van der Waals surface area contributed by atoms with Crippen molar-refractivity contribution in [2.75, 3.05) is 0 Å². The van der Waals surface area contributed by atoms with Crippen LogP contribution in [0.3, 0.4) is 0 Å². The van der Waals surface area contributed by atoms with Gasteiger partial charge in [0, 0.05) is 27.4 Å². The van der Waals surface area contributed by atoms with E-state index >= 15 is 0 Å². The number of aromatic amines is 1. The molecule has 0 aliphatic rings. The molecular formula is C12H7Cl2NO2. The average Bonchev–Trinajstić information content (AvgIpc) is 2.31. The predicted molar refractivity (Wildman–Crippen MR) is 67.9 cm³/mol. The molecule has 1 aromatic carbocycles. The van der Waals surface area contributed by atoms with Crippen LogP contribution in [0.1, 0.15) is 10.4 Å². The molecule has 0 saturated carbocycles. The Bertz CT molecular complexity index is 614. The van der Waals surface area contributed by atoms with Gasteiger partial charge in [-0.1, -0.05) is 29.3 Å². The summed E-state index contributed by atoms with van der Waals surface area (Å²) in [6, 6.07) is 6.56. The van der Waals surface area contributed by atoms with Crippen LogP contribution < -0.4 is 5.56 Å². The van der Waals surface area contributed by atoms with E-state index in [1.807, 2.05) is 0 Å². The van der Waals surface area contributed by atoms with Gasteiger partial charge in [-0.2, -0.15) is 0 Å². The van der Waals surface area contributed by atoms with E-state index in [2.05, 4.69) is 4.98 Å². The molecule has 0 unspecified atom stereocenters. The Morgan fingerprint density at radius 1 is 1.18 bits per heavy atom. The zero-order valence-electron chi connectivity index (χ0n) is 8.54. The summed E-state index contributed by atoms with van der Waals surface area (Å²) in [5.41, 5.74) is 0.794. The quantitative estimate of drug-likeness (QED) is 0.850. The molecule has 5 heteroatoms. The number of rotatable bonds is 2. The fourth-order valence-electron chi connectivity index (χ4n) is 1.51. The van der Waals surface area contributed by atoms with Crippen LogP contribution in [0.2, 0.25) is 10.0 Å². The third-order valence-corrected chi connectivity index (χ3v) is 2.94. The Morgan fingerprint density at radius 2 is 1.82 bits per heavy atom. The number of carbonyl (C=O) groups excluding carboxylic acids is 1. The van der Waals surface area contributed by atoms with E-state index in [-0.39, 0.29) is 5.56 Å². The number of hydrogen-bond donors (Lipinski definition) is 1. The Morgan fingerprint density at radius 3 is 2.41 bits per heavy atom. The first-order valence-electron chi connectivity index (χ1n) is 4.76. The molecule has 0 bridgehead atoms. The second-order valence-electron chi connectivity index (χ2n) is 3.39. The van der Waals surface area contributed by atoms with Gasteiger partial charge in [0.05, 0.1) is 5.56 Å². The van der Waals surface area contributed by atoms with Crippen molar-refractivity contribution in [2.24, 2.45) is 0 Å². The van der Waals surface area contributed by atoms with Gasteiger partial charge in [0.1, 0.15) is 0 Å². The van der Waals surface area contributed by atoms with Crippen molar-refractivity contribution >= 4 is 29.5 Å². The van der Waals surface area contributed by atoms with Crippen LogP contribution >= 0.6 is 23.2 Å². The van der Waals surface area contributed by atoms with E-state index in [0.717, 1.165) is 0 Å². The summed E-state index contributed by atoms with van der Waals surface area (Å²) in [5, 5.41) is 0.919. The summed E-state index contributed by atoms with van der Waals surface area (Å²) in [6.07, 6.45) is 1.97. The molecule has 2 rings (SSSR count). The highest BCUT2D eigenvalue weighted by Gasteiger charge is 2.10. The van der Waals surface area contributed by atoms with E-state index in [1.54, 1.807) is 18.2 Å². The molecule has 17 heavy (non-hydrogen) atoms. The molecule has 1 N–H and O–H groups in total. The molecular weight excluding hydrogens is 261 g/mol. The Kier molecular flexibility index (Phi) is 3.31. The van der Waals surface area contributed by atoms with Crippen molar-refractivity contribution in [1.82, 2.24) is 4.98 Å². The lowest BCUT2D eigenvalue weighted by Gasteiger charge is -2.06. The number of nitrogens with one attached hydrogen (secondary N) is 1. The van der Waals surface area contributed by atoms with E-state index in [9.17, 15) is 9.59 Å². The van der Waals surface area contributed by atoms with Gasteiger partial charge in [-0.25, -0.2) is 0 Å². The van der Waals surface area contributed by atoms with Crippen molar-refractivity contribution in [3.8, 4) is 11.1 Å². The normalized spacial score (nSPS) is 10.2. The van der Waals surface area contributed by atoms with E-state index < -0.39 is 5.56 Å². The van der Waals surface area contributed by atoms with Crippen LogP contribution in [0.5, 0.6) is 0 Å². The summed E-state index contributed by atoms with van der Waals surface area (Å²) >= 11 is 12.1. The van der Waals surface area contributed by atoms with Gasteiger partial charge in [0.25, 0.3) is 5.56 Å². The number of H-pyrrole nitrogens is 1. The highest BCUT2D eigenvalue weighted by molar-refractivity contribution is 6.39. The first kappa shape index (κ1) is 11.9. The maximum absolute atomic E-state index is 11.3. The largest absolute Gasteiger partial charge is 0.328 e. The predicted octanol–water partition coefficient (Wildman–Crippen LogP) is 3.16. The lowest BCUT2D eigenvalue weighted by atomic mass is 10.1. The number of aromatic nitrogens is 1. The summed E-state index contributed by atoms with van der Waals surface area (Å²) < 4.78 is 0. The Labute approximate surface area is 107 Å². The highest BCUT2D eigenvalue weighted by Crippen LogP contribution is 2.33. The van der Waals surface area contributed by atoms with Crippen LogP contribution in [0.4, 0.5) is 0 Å². The molecule has 0 spiro atoms. The molecule has 0 saturated heterocycles.